The fourth-order valence-corrected chi connectivity index (χ4v) is 4.90. The van der Waals surface area contributed by atoms with Crippen LogP contribution in [0, 0.1) is 6.92 Å². The number of nitrogens with one attached hydrogen (secondary N) is 1. The first-order valence-corrected chi connectivity index (χ1v) is 11.5. The summed E-state index contributed by atoms with van der Waals surface area (Å²) >= 11 is 13.6. The van der Waals surface area contributed by atoms with Crippen LogP contribution >= 0.6 is 35.0 Å². The van der Waals surface area contributed by atoms with Crippen molar-refractivity contribution >= 4 is 52.5 Å². The van der Waals surface area contributed by atoms with Gasteiger partial charge in [0.2, 0.25) is 5.91 Å². The second kappa shape index (κ2) is 9.35. The predicted octanol–water partition coefficient (Wildman–Crippen LogP) is 6.33. The van der Waals surface area contributed by atoms with Crippen LogP contribution in [0.1, 0.15) is 32.4 Å². The quantitative estimate of drug-likeness (QED) is 0.473. The maximum absolute atomic E-state index is 12.7. The molecule has 1 saturated heterocycles. The van der Waals surface area contributed by atoms with Gasteiger partial charge in [0.1, 0.15) is 5.37 Å². The number of benzene rings is 3. The van der Waals surface area contributed by atoms with Gasteiger partial charge in [0.25, 0.3) is 5.91 Å². The van der Waals surface area contributed by atoms with Crippen LogP contribution in [0.5, 0.6) is 0 Å². The number of hydrogen-bond donors (Lipinski definition) is 1. The molecule has 0 spiro atoms. The third kappa shape index (κ3) is 5.06. The van der Waals surface area contributed by atoms with Crippen molar-refractivity contribution in [1.29, 1.82) is 0 Å². The number of hydrogen-bond acceptors (Lipinski definition) is 3. The lowest BCUT2D eigenvalue weighted by molar-refractivity contribution is -0.128. The Kier molecular flexibility index (Phi) is 6.56. The van der Waals surface area contributed by atoms with Crippen LogP contribution in [0.3, 0.4) is 0 Å². The van der Waals surface area contributed by atoms with Gasteiger partial charge in [-0.1, -0.05) is 53.5 Å². The van der Waals surface area contributed by atoms with E-state index in [0.29, 0.717) is 33.6 Å². The van der Waals surface area contributed by atoms with Crippen molar-refractivity contribution in [2.75, 3.05) is 11.1 Å². The van der Waals surface area contributed by atoms with Gasteiger partial charge in [0.05, 0.1) is 5.75 Å². The van der Waals surface area contributed by atoms with E-state index in [-0.39, 0.29) is 17.2 Å². The summed E-state index contributed by atoms with van der Waals surface area (Å²) in [6.45, 7) is 2.43. The highest BCUT2D eigenvalue weighted by molar-refractivity contribution is 8.00. The Balaban J connectivity index is 1.48. The fourth-order valence-electron chi connectivity index (χ4n) is 3.41. The van der Waals surface area contributed by atoms with Crippen molar-refractivity contribution in [2.45, 2.75) is 18.8 Å². The molecule has 1 heterocycles. The summed E-state index contributed by atoms with van der Waals surface area (Å²) in [6, 6.07) is 20.3. The Morgan fingerprint density at radius 3 is 2.42 bits per heavy atom. The summed E-state index contributed by atoms with van der Waals surface area (Å²) in [6.07, 6.45) is 0. The Morgan fingerprint density at radius 1 is 1.03 bits per heavy atom. The van der Waals surface area contributed by atoms with Crippen molar-refractivity contribution < 1.29 is 9.59 Å². The molecule has 3 aromatic rings. The molecule has 0 bridgehead atoms. The molecule has 0 radical (unpaired) electrons. The van der Waals surface area contributed by atoms with Gasteiger partial charge in [-0.15, -0.1) is 11.8 Å². The lowest BCUT2D eigenvalue weighted by atomic mass is 10.1. The Labute approximate surface area is 195 Å². The van der Waals surface area contributed by atoms with E-state index >= 15 is 0 Å². The van der Waals surface area contributed by atoms with E-state index in [1.165, 1.54) is 0 Å². The number of nitrogens with zero attached hydrogens (tertiary/aromatic N) is 1. The molecule has 0 saturated carbocycles. The summed E-state index contributed by atoms with van der Waals surface area (Å²) < 4.78 is 0. The molecule has 1 aliphatic rings. The highest BCUT2D eigenvalue weighted by atomic mass is 35.5. The van der Waals surface area contributed by atoms with Gasteiger partial charge in [-0.25, -0.2) is 0 Å². The smallest absolute Gasteiger partial charge is 0.255 e. The van der Waals surface area contributed by atoms with Crippen LogP contribution in [-0.2, 0) is 11.3 Å². The summed E-state index contributed by atoms with van der Waals surface area (Å²) in [4.78, 5) is 27.0. The maximum Gasteiger partial charge on any atom is 0.255 e. The number of anilines is 1. The number of thioether (sulfide) groups is 1. The van der Waals surface area contributed by atoms with Gasteiger partial charge < -0.3 is 10.2 Å². The molecule has 3 aromatic carbocycles. The topological polar surface area (TPSA) is 49.4 Å². The van der Waals surface area contributed by atoms with Gasteiger partial charge in [0, 0.05) is 27.8 Å². The van der Waals surface area contributed by atoms with Crippen LogP contribution < -0.4 is 5.32 Å². The van der Waals surface area contributed by atoms with E-state index in [2.05, 4.69) is 5.32 Å². The molecule has 1 N–H and O–H groups in total. The van der Waals surface area contributed by atoms with Gasteiger partial charge in [0.15, 0.2) is 0 Å². The van der Waals surface area contributed by atoms with Crippen LogP contribution in [0.2, 0.25) is 10.0 Å². The average Bonchev–Trinajstić information content (AvgIpc) is 3.12. The molecule has 1 aliphatic heterocycles. The zero-order valence-electron chi connectivity index (χ0n) is 16.8. The molecule has 0 aliphatic carbocycles. The molecule has 4 nitrogen and oxygen atoms in total. The van der Waals surface area contributed by atoms with E-state index < -0.39 is 0 Å². The highest BCUT2D eigenvalue weighted by Gasteiger charge is 2.32. The van der Waals surface area contributed by atoms with Crippen molar-refractivity contribution in [3.05, 3.63) is 99.0 Å². The minimum atomic E-state index is -0.204. The lowest BCUT2D eigenvalue weighted by Crippen LogP contribution is -2.27. The molecule has 4 rings (SSSR count). The Morgan fingerprint density at radius 2 is 1.71 bits per heavy atom. The predicted molar refractivity (Wildman–Crippen MR) is 128 cm³/mol. The number of amides is 2. The van der Waals surface area contributed by atoms with E-state index in [1.807, 2.05) is 54.3 Å². The standard InChI is InChI=1S/C24H20Cl2N2O2S/c1-15-2-9-20(26)12-21(15)27-23(30)17-5-7-18(8-6-17)24-28(22(29)14-31-24)13-16-3-10-19(25)11-4-16/h2-12,24H,13-14H2,1H3,(H,27,30)/t24-/m0/s1. The first kappa shape index (κ1) is 21.8. The minimum Gasteiger partial charge on any atom is -0.322 e. The van der Waals surface area contributed by atoms with E-state index in [0.717, 1.165) is 16.7 Å². The van der Waals surface area contributed by atoms with Crippen LogP contribution in [0.25, 0.3) is 0 Å². The van der Waals surface area contributed by atoms with Crippen molar-refractivity contribution in [1.82, 2.24) is 4.90 Å². The van der Waals surface area contributed by atoms with Gasteiger partial charge in [-0.3, -0.25) is 9.59 Å². The molecule has 1 fully saturated rings. The molecule has 0 unspecified atom stereocenters. The number of aryl methyl sites for hydroxylation is 1. The Bertz CT molecular complexity index is 1120. The summed E-state index contributed by atoms with van der Waals surface area (Å²) in [5.41, 5.74) is 4.18. The maximum atomic E-state index is 12.7. The molecular weight excluding hydrogens is 451 g/mol. The zero-order valence-corrected chi connectivity index (χ0v) is 19.1. The number of rotatable bonds is 5. The SMILES string of the molecule is Cc1ccc(Cl)cc1NC(=O)c1ccc([C@@H]2SCC(=O)N2Cc2ccc(Cl)cc2)cc1. The van der Waals surface area contributed by atoms with Crippen LogP contribution in [0.15, 0.2) is 66.7 Å². The molecule has 2 amide bonds. The molecule has 0 aromatic heterocycles. The average molecular weight is 471 g/mol. The zero-order chi connectivity index (χ0) is 22.0. The van der Waals surface area contributed by atoms with E-state index in [1.54, 1.807) is 36.0 Å². The minimum absolute atomic E-state index is 0.0875. The third-order valence-corrected chi connectivity index (χ3v) is 6.88. The normalized spacial score (nSPS) is 15.9. The second-order valence-electron chi connectivity index (χ2n) is 7.35. The van der Waals surface area contributed by atoms with Crippen LogP contribution in [-0.4, -0.2) is 22.5 Å². The third-order valence-electron chi connectivity index (χ3n) is 5.14. The van der Waals surface area contributed by atoms with Crippen molar-refractivity contribution in [2.24, 2.45) is 0 Å². The lowest BCUT2D eigenvalue weighted by Gasteiger charge is -2.24. The van der Waals surface area contributed by atoms with Gasteiger partial charge in [-0.2, -0.15) is 0 Å². The summed E-state index contributed by atoms with van der Waals surface area (Å²) in [5, 5.41) is 4.06. The molecule has 7 heteroatoms. The molecular formula is C24H20Cl2N2O2S. The number of halogens is 2. The first-order valence-electron chi connectivity index (χ1n) is 9.74. The van der Waals surface area contributed by atoms with E-state index in [9.17, 15) is 9.59 Å². The number of carbonyl (C=O) groups excluding carboxylic acids is 2. The fraction of sp³-hybridized carbons (Fsp3) is 0.167. The highest BCUT2D eigenvalue weighted by Crippen LogP contribution is 2.39. The summed E-state index contributed by atoms with van der Waals surface area (Å²) in [5.74, 6) is 0.336. The second-order valence-corrected chi connectivity index (χ2v) is 9.29. The largest absolute Gasteiger partial charge is 0.322 e. The monoisotopic (exact) mass is 470 g/mol. The van der Waals surface area contributed by atoms with Crippen molar-refractivity contribution in [3.8, 4) is 0 Å². The molecule has 1 atom stereocenters. The molecule has 31 heavy (non-hydrogen) atoms. The first-order chi connectivity index (χ1) is 14.9. The van der Waals surface area contributed by atoms with Gasteiger partial charge in [-0.05, 0) is 60.0 Å². The van der Waals surface area contributed by atoms with Gasteiger partial charge >= 0.3 is 0 Å². The van der Waals surface area contributed by atoms with Crippen LogP contribution in [0.4, 0.5) is 5.69 Å². The van der Waals surface area contributed by atoms with E-state index in [4.69, 9.17) is 23.2 Å². The molecule has 158 valence electrons. The summed E-state index contributed by atoms with van der Waals surface area (Å²) in [7, 11) is 0. The number of carbonyl (C=O) groups is 2. The Hall–Kier alpha value is -2.47. The van der Waals surface area contributed by atoms with Crippen molar-refractivity contribution in [3.63, 3.8) is 0 Å².